The van der Waals surface area contributed by atoms with E-state index in [1.54, 1.807) is 0 Å². The fraction of sp³-hybridized carbons (Fsp3) is 0.400. The number of hydrogen-bond donors (Lipinski definition) is 3. The van der Waals surface area contributed by atoms with Gasteiger partial charge in [-0.05, 0) is 66.1 Å². The number of rotatable bonds is 4. The summed E-state index contributed by atoms with van der Waals surface area (Å²) in [6, 6.07) is 17.0. The summed E-state index contributed by atoms with van der Waals surface area (Å²) in [5, 5.41) is 7.53. The van der Waals surface area contributed by atoms with Gasteiger partial charge in [-0.3, -0.25) is 4.79 Å². The van der Waals surface area contributed by atoms with Gasteiger partial charge in [0.15, 0.2) is 0 Å². The molecule has 2 aromatic carbocycles. The molecule has 4 rings (SSSR count). The summed E-state index contributed by atoms with van der Waals surface area (Å²) in [5.41, 5.74) is 5.43. The summed E-state index contributed by atoms with van der Waals surface area (Å²) < 4.78 is 0. The molecule has 0 saturated carbocycles. The van der Waals surface area contributed by atoms with Crippen LogP contribution in [0.15, 0.2) is 48.5 Å². The van der Waals surface area contributed by atoms with Gasteiger partial charge in [0.25, 0.3) is 5.91 Å². The van der Waals surface area contributed by atoms with E-state index in [9.17, 15) is 4.79 Å². The first-order chi connectivity index (χ1) is 13.9. The number of benzene rings is 2. The highest BCUT2D eigenvalue weighted by Crippen LogP contribution is 2.29. The van der Waals surface area contributed by atoms with Gasteiger partial charge < -0.3 is 15.6 Å². The zero-order valence-electron chi connectivity index (χ0n) is 17.6. The number of carbonyl (C=O) groups is 1. The van der Waals surface area contributed by atoms with Crippen LogP contribution in [0.5, 0.6) is 0 Å². The maximum atomic E-state index is 12.6. The molecule has 1 aliphatic heterocycles. The predicted molar refractivity (Wildman–Crippen MR) is 120 cm³/mol. The van der Waals surface area contributed by atoms with Crippen LogP contribution in [0.2, 0.25) is 0 Å². The molecule has 1 saturated heterocycles. The van der Waals surface area contributed by atoms with E-state index in [0.717, 1.165) is 48.9 Å². The number of carbonyl (C=O) groups excluding carboxylic acids is 1. The first-order valence-electron chi connectivity index (χ1n) is 10.6. The summed E-state index contributed by atoms with van der Waals surface area (Å²) >= 11 is 0. The number of aromatic nitrogens is 1. The second-order valence-electron chi connectivity index (χ2n) is 9.22. The van der Waals surface area contributed by atoms with Crippen molar-refractivity contribution >= 4 is 16.8 Å². The molecule has 3 N–H and O–H groups in total. The summed E-state index contributed by atoms with van der Waals surface area (Å²) in [5.74, 6) is 0.558. The largest absolute Gasteiger partial charge is 0.351 e. The fourth-order valence-corrected chi connectivity index (χ4v) is 4.01. The average Bonchev–Trinajstić information content (AvgIpc) is 3.16. The van der Waals surface area contributed by atoms with E-state index in [1.807, 2.05) is 6.07 Å². The van der Waals surface area contributed by atoms with Crippen LogP contribution in [-0.2, 0) is 5.41 Å². The van der Waals surface area contributed by atoms with Gasteiger partial charge in [0, 0.05) is 17.4 Å². The molecule has 2 heterocycles. The van der Waals surface area contributed by atoms with Gasteiger partial charge in [0.05, 0.1) is 0 Å². The number of fused-ring (bicyclic) bond motifs is 1. The lowest BCUT2D eigenvalue weighted by Gasteiger charge is -2.22. The first kappa shape index (κ1) is 19.7. The molecule has 0 radical (unpaired) electrons. The molecule has 0 aliphatic carbocycles. The molecule has 4 heteroatoms. The smallest absolute Gasteiger partial charge is 0.267 e. The van der Waals surface area contributed by atoms with Gasteiger partial charge in [-0.2, -0.15) is 0 Å². The Hall–Kier alpha value is -2.59. The molecule has 0 atom stereocenters. The number of piperidine rings is 1. The van der Waals surface area contributed by atoms with Crippen LogP contribution >= 0.6 is 0 Å². The molecule has 29 heavy (non-hydrogen) atoms. The maximum absolute atomic E-state index is 12.6. The second-order valence-corrected chi connectivity index (χ2v) is 9.22. The third-order valence-electron chi connectivity index (χ3n) is 5.94. The zero-order chi connectivity index (χ0) is 20.4. The highest BCUT2D eigenvalue weighted by Gasteiger charge is 2.17. The van der Waals surface area contributed by atoms with E-state index < -0.39 is 0 Å². The molecule has 0 bridgehead atoms. The Labute approximate surface area is 173 Å². The number of amides is 1. The summed E-state index contributed by atoms with van der Waals surface area (Å²) in [6.45, 7) is 9.54. The Kier molecular flexibility index (Phi) is 5.46. The minimum atomic E-state index is -0.0176. The molecular weight excluding hydrogens is 358 g/mol. The molecule has 1 amide bonds. The number of H-pyrrole nitrogens is 1. The van der Waals surface area contributed by atoms with Crippen molar-refractivity contribution in [3.05, 3.63) is 59.8 Å². The quantitative estimate of drug-likeness (QED) is 0.597. The van der Waals surface area contributed by atoms with Crippen molar-refractivity contribution in [3.8, 4) is 11.1 Å². The van der Waals surface area contributed by atoms with E-state index in [0.29, 0.717) is 11.6 Å². The lowest BCUT2D eigenvalue weighted by molar-refractivity contribution is 0.0940. The summed E-state index contributed by atoms with van der Waals surface area (Å²) in [7, 11) is 0. The molecule has 0 spiro atoms. The van der Waals surface area contributed by atoms with Crippen LogP contribution in [-0.4, -0.2) is 30.5 Å². The van der Waals surface area contributed by atoms with Crippen LogP contribution in [0.3, 0.4) is 0 Å². The van der Waals surface area contributed by atoms with Crippen molar-refractivity contribution in [3.63, 3.8) is 0 Å². The van der Waals surface area contributed by atoms with Crippen molar-refractivity contribution in [1.82, 2.24) is 15.6 Å². The topological polar surface area (TPSA) is 56.9 Å². The molecule has 0 unspecified atom stereocenters. The molecule has 1 aromatic heterocycles. The Morgan fingerprint density at radius 2 is 1.79 bits per heavy atom. The Bertz CT molecular complexity index is 1010. The van der Waals surface area contributed by atoms with E-state index in [1.165, 1.54) is 11.1 Å². The van der Waals surface area contributed by atoms with Crippen LogP contribution in [0.25, 0.3) is 22.0 Å². The van der Waals surface area contributed by atoms with Gasteiger partial charge in [0.1, 0.15) is 5.69 Å². The van der Waals surface area contributed by atoms with Crippen molar-refractivity contribution in [2.45, 2.75) is 39.0 Å². The van der Waals surface area contributed by atoms with Gasteiger partial charge in [-0.25, -0.2) is 0 Å². The van der Waals surface area contributed by atoms with Crippen molar-refractivity contribution in [2.24, 2.45) is 5.92 Å². The summed E-state index contributed by atoms with van der Waals surface area (Å²) in [6.07, 6.45) is 2.26. The molecule has 1 fully saturated rings. The first-order valence-corrected chi connectivity index (χ1v) is 10.6. The lowest BCUT2D eigenvalue weighted by Crippen LogP contribution is -2.36. The van der Waals surface area contributed by atoms with Crippen molar-refractivity contribution in [2.75, 3.05) is 19.6 Å². The van der Waals surface area contributed by atoms with Crippen LogP contribution in [0, 0.1) is 5.92 Å². The SMILES string of the molecule is CC(C)(C)c1cccc(-c2ccc3cc(C(=O)NCC4CCNCC4)[nH]c3c2)c1. The van der Waals surface area contributed by atoms with Crippen molar-refractivity contribution < 1.29 is 4.79 Å². The molecule has 1 aliphatic rings. The Morgan fingerprint density at radius 1 is 1.03 bits per heavy atom. The van der Waals surface area contributed by atoms with Crippen LogP contribution in [0.1, 0.15) is 49.7 Å². The van der Waals surface area contributed by atoms with Gasteiger partial charge in [-0.1, -0.05) is 57.2 Å². The molecule has 4 nitrogen and oxygen atoms in total. The highest BCUT2D eigenvalue weighted by atomic mass is 16.1. The second kappa shape index (κ2) is 8.03. The zero-order valence-corrected chi connectivity index (χ0v) is 17.6. The monoisotopic (exact) mass is 389 g/mol. The highest BCUT2D eigenvalue weighted by molar-refractivity contribution is 5.98. The average molecular weight is 390 g/mol. The fourth-order valence-electron chi connectivity index (χ4n) is 4.01. The van der Waals surface area contributed by atoms with E-state index >= 15 is 0 Å². The standard InChI is InChI=1S/C25H31N3O/c1-25(2,3)21-6-4-5-18(13-21)19-7-8-20-15-23(28-22(20)14-19)24(29)27-16-17-9-11-26-12-10-17/h4-8,13-15,17,26,28H,9-12,16H2,1-3H3,(H,27,29). The maximum Gasteiger partial charge on any atom is 0.267 e. The minimum absolute atomic E-state index is 0.0176. The number of hydrogen-bond acceptors (Lipinski definition) is 2. The van der Waals surface area contributed by atoms with Crippen LogP contribution in [0.4, 0.5) is 0 Å². The Balaban J connectivity index is 1.52. The number of aromatic amines is 1. The van der Waals surface area contributed by atoms with Crippen LogP contribution < -0.4 is 10.6 Å². The third-order valence-corrected chi connectivity index (χ3v) is 5.94. The van der Waals surface area contributed by atoms with E-state index in [2.05, 4.69) is 78.9 Å². The molecule has 3 aromatic rings. The third kappa shape index (κ3) is 4.54. The minimum Gasteiger partial charge on any atom is -0.351 e. The predicted octanol–water partition coefficient (Wildman–Crippen LogP) is 4.86. The summed E-state index contributed by atoms with van der Waals surface area (Å²) in [4.78, 5) is 15.9. The van der Waals surface area contributed by atoms with Gasteiger partial charge >= 0.3 is 0 Å². The van der Waals surface area contributed by atoms with Gasteiger partial charge in [0.2, 0.25) is 0 Å². The molecule has 152 valence electrons. The van der Waals surface area contributed by atoms with E-state index in [-0.39, 0.29) is 11.3 Å². The van der Waals surface area contributed by atoms with Crippen molar-refractivity contribution in [1.29, 1.82) is 0 Å². The van der Waals surface area contributed by atoms with E-state index in [4.69, 9.17) is 0 Å². The molecular formula is C25H31N3O. The normalized spacial score (nSPS) is 15.6. The lowest BCUT2D eigenvalue weighted by atomic mass is 9.85. The van der Waals surface area contributed by atoms with Gasteiger partial charge in [-0.15, -0.1) is 0 Å². The number of nitrogens with one attached hydrogen (secondary N) is 3. The Morgan fingerprint density at radius 3 is 2.55 bits per heavy atom.